The Balaban J connectivity index is 2.35. The van der Waals surface area contributed by atoms with Gasteiger partial charge in [0.25, 0.3) is 0 Å². The second kappa shape index (κ2) is 2.70. The van der Waals surface area contributed by atoms with Crippen molar-refractivity contribution in [3.63, 3.8) is 0 Å². The second-order valence-electron chi connectivity index (χ2n) is 3.04. The summed E-state index contributed by atoms with van der Waals surface area (Å²) in [7, 11) is 0. The highest BCUT2D eigenvalue weighted by Crippen LogP contribution is 2.37. The van der Waals surface area contributed by atoms with Crippen molar-refractivity contribution in [3.05, 3.63) is 22.5 Å². The molecule has 0 aromatic carbocycles. The van der Waals surface area contributed by atoms with Gasteiger partial charge in [-0.05, 0) is 13.8 Å². The summed E-state index contributed by atoms with van der Waals surface area (Å²) in [5.41, 5.74) is 1.13. The van der Waals surface area contributed by atoms with Gasteiger partial charge in [0, 0.05) is 16.8 Å². The van der Waals surface area contributed by atoms with Crippen LogP contribution < -0.4 is 5.32 Å². The molecule has 2 aliphatic heterocycles. The van der Waals surface area contributed by atoms with E-state index in [1.807, 2.05) is 13.1 Å². The van der Waals surface area contributed by atoms with Crippen LogP contribution in [-0.2, 0) is 4.79 Å². The molecule has 0 saturated heterocycles. The molecule has 0 saturated carbocycles. The van der Waals surface area contributed by atoms with E-state index in [1.54, 1.807) is 23.6 Å². The van der Waals surface area contributed by atoms with Crippen molar-refractivity contribution >= 4 is 17.7 Å². The van der Waals surface area contributed by atoms with E-state index in [9.17, 15) is 4.79 Å². The number of carboxylic acid groups (broad SMARTS) is 1. The third-order valence-corrected chi connectivity index (χ3v) is 3.07. The van der Waals surface area contributed by atoms with Crippen LogP contribution in [0.15, 0.2) is 22.5 Å². The molecule has 70 valence electrons. The number of fused-ring (bicyclic) bond motifs is 1. The first-order chi connectivity index (χ1) is 6.09. The minimum absolute atomic E-state index is 0.0473. The molecule has 2 heterocycles. The number of aliphatic carboxylic acids is 1. The van der Waals surface area contributed by atoms with Gasteiger partial charge >= 0.3 is 5.97 Å². The fourth-order valence-corrected chi connectivity index (χ4v) is 2.57. The van der Waals surface area contributed by atoms with Gasteiger partial charge in [-0.1, -0.05) is 11.8 Å². The number of rotatable bonds is 1. The lowest BCUT2D eigenvalue weighted by Crippen LogP contribution is -2.28. The summed E-state index contributed by atoms with van der Waals surface area (Å²) < 4.78 is 0. The molecule has 1 unspecified atom stereocenters. The smallest absolute Gasteiger partial charge is 0.354 e. The maximum Gasteiger partial charge on any atom is 0.354 e. The average molecular weight is 198 g/mol. The van der Waals surface area contributed by atoms with Crippen molar-refractivity contribution in [2.45, 2.75) is 19.3 Å². The number of hydrogen-bond donors (Lipinski definition) is 2. The zero-order valence-electron chi connectivity index (χ0n) is 7.37. The molecule has 2 aliphatic rings. The van der Waals surface area contributed by atoms with Crippen LogP contribution in [0.25, 0.3) is 0 Å². The fourth-order valence-electron chi connectivity index (χ4n) is 1.53. The molecule has 2 rings (SSSR count). The quantitative estimate of drug-likeness (QED) is 0.660. The molecular weight excluding hydrogens is 188 g/mol. The highest BCUT2D eigenvalue weighted by Gasteiger charge is 2.36. The molecule has 0 fully saturated rings. The predicted molar refractivity (Wildman–Crippen MR) is 50.4 cm³/mol. The lowest BCUT2D eigenvalue weighted by molar-refractivity contribution is -0.134. The van der Waals surface area contributed by atoms with Crippen LogP contribution in [0.4, 0.5) is 0 Å². The largest absolute Gasteiger partial charge is 0.477 e. The third kappa shape index (κ3) is 1.19. The minimum Gasteiger partial charge on any atom is -0.477 e. The van der Waals surface area contributed by atoms with Crippen molar-refractivity contribution in [3.8, 4) is 0 Å². The normalized spacial score (nSPS) is 25.8. The number of nitrogens with zero attached hydrogens (tertiary/aromatic N) is 1. The van der Waals surface area contributed by atoms with Gasteiger partial charge in [-0.25, -0.2) is 4.79 Å². The van der Waals surface area contributed by atoms with E-state index in [1.165, 1.54) is 0 Å². The van der Waals surface area contributed by atoms with Gasteiger partial charge in [0.2, 0.25) is 0 Å². The fraction of sp³-hybridized carbons (Fsp3) is 0.375. The summed E-state index contributed by atoms with van der Waals surface area (Å²) >= 11 is 1.63. The van der Waals surface area contributed by atoms with E-state index >= 15 is 0 Å². The number of carbonyl (C=O) groups is 1. The molecule has 0 aromatic rings. The molecule has 2 N–H and O–H groups in total. The highest BCUT2D eigenvalue weighted by atomic mass is 32.2. The zero-order chi connectivity index (χ0) is 9.59. The van der Waals surface area contributed by atoms with E-state index in [0.29, 0.717) is 5.70 Å². The van der Waals surface area contributed by atoms with Crippen molar-refractivity contribution in [2.75, 3.05) is 0 Å². The van der Waals surface area contributed by atoms with E-state index in [-0.39, 0.29) is 5.50 Å². The molecule has 0 bridgehead atoms. The van der Waals surface area contributed by atoms with Gasteiger partial charge in [-0.15, -0.1) is 0 Å². The number of allylic oxidation sites excluding steroid dienone is 2. The Morgan fingerprint density at radius 1 is 1.69 bits per heavy atom. The molecule has 1 atom stereocenters. The van der Waals surface area contributed by atoms with Gasteiger partial charge in [0.05, 0.1) is 0 Å². The topological polar surface area (TPSA) is 52.6 Å². The Morgan fingerprint density at radius 3 is 3.00 bits per heavy atom. The summed E-state index contributed by atoms with van der Waals surface area (Å²) in [6, 6.07) is 0. The maximum atomic E-state index is 10.9. The Bertz CT molecular complexity index is 335. The van der Waals surface area contributed by atoms with Crippen LogP contribution in [0.5, 0.6) is 0 Å². The van der Waals surface area contributed by atoms with Crippen molar-refractivity contribution in [1.29, 1.82) is 0 Å². The summed E-state index contributed by atoms with van der Waals surface area (Å²) in [4.78, 5) is 13.8. The number of thioether (sulfide) groups is 1. The SMILES string of the molecule is CC1=CN2C(C(=O)O)=C(C)NC2S1. The molecule has 0 radical (unpaired) electrons. The molecule has 0 aromatic heterocycles. The number of hydrogen-bond acceptors (Lipinski definition) is 4. The van der Waals surface area contributed by atoms with Crippen molar-refractivity contribution < 1.29 is 9.90 Å². The van der Waals surface area contributed by atoms with Crippen molar-refractivity contribution in [2.24, 2.45) is 0 Å². The average Bonchev–Trinajstić information content (AvgIpc) is 2.41. The maximum absolute atomic E-state index is 10.9. The Morgan fingerprint density at radius 2 is 2.38 bits per heavy atom. The number of nitrogens with one attached hydrogen (secondary N) is 1. The Labute approximate surface area is 80.3 Å². The summed E-state index contributed by atoms with van der Waals surface area (Å²) in [6.45, 7) is 3.75. The standard InChI is InChI=1S/C8H10N2O2S/c1-4-3-10-6(7(11)12)5(2)9-8(10)13-4/h3,8-9H,1-2H3,(H,11,12). The molecule has 0 aliphatic carbocycles. The van der Waals surface area contributed by atoms with E-state index in [0.717, 1.165) is 10.6 Å². The van der Waals surface area contributed by atoms with Crippen LogP contribution in [0.2, 0.25) is 0 Å². The van der Waals surface area contributed by atoms with Gasteiger partial charge in [-0.2, -0.15) is 0 Å². The zero-order valence-corrected chi connectivity index (χ0v) is 8.18. The molecule has 0 spiro atoms. The van der Waals surface area contributed by atoms with Crippen LogP contribution in [0, 0.1) is 0 Å². The van der Waals surface area contributed by atoms with Crippen LogP contribution >= 0.6 is 11.8 Å². The lowest BCUT2D eigenvalue weighted by atomic mass is 10.3. The lowest BCUT2D eigenvalue weighted by Gasteiger charge is -2.15. The number of carboxylic acids is 1. The first-order valence-corrected chi connectivity index (χ1v) is 4.81. The van der Waals surface area contributed by atoms with Crippen LogP contribution in [-0.4, -0.2) is 21.5 Å². The Hall–Kier alpha value is -1.10. The van der Waals surface area contributed by atoms with Gasteiger partial charge in [0.15, 0.2) is 5.50 Å². The summed E-state index contributed by atoms with van der Waals surface area (Å²) in [5, 5.41) is 12.1. The molecule has 13 heavy (non-hydrogen) atoms. The summed E-state index contributed by atoms with van der Waals surface area (Å²) in [5.74, 6) is -0.876. The molecule has 5 heteroatoms. The third-order valence-electron chi connectivity index (χ3n) is 2.03. The second-order valence-corrected chi connectivity index (χ2v) is 4.37. The Kier molecular flexibility index (Phi) is 1.76. The minimum atomic E-state index is -0.876. The first-order valence-electron chi connectivity index (χ1n) is 3.93. The predicted octanol–water partition coefficient (Wildman–Crippen LogP) is 1.10. The van der Waals surface area contributed by atoms with E-state index < -0.39 is 5.97 Å². The molecular formula is C8H10N2O2S. The van der Waals surface area contributed by atoms with Crippen LogP contribution in [0.1, 0.15) is 13.8 Å². The van der Waals surface area contributed by atoms with Crippen LogP contribution in [0.3, 0.4) is 0 Å². The van der Waals surface area contributed by atoms with Gasteiger partial charge in [-0.3, -0.25) is 0 Å². The van der Waals surface area contributed by atoms with E-state index in [2.05, 4.69) is 5.32 Å². The molecule has 0 amide bonds. The summed E-state index contributed by atoms with van der Waals surface area (Å²) in [6.07, 6.45) is 1.86. The van der Waals surface area contributed by atoms with Gasteiger partial charge in [0.1, 0.15) is 5.70 Å². The van der Waals surface area contributed by atoms with E-state index in [4.69, 9.17) is 5.11 Å². The highest BCUT2D eigenvalue weighted by molar-refractivity contribution is 8.03. The van der Waals surface area contributed by atoms with Crippen molar-refractivity contribution in [1.82, 2.24) is 10.2 Å². The molecule has 4 nitrogen and oxygen atoms in total. The first kappa shape index (κ1) is 8.50. The van der Waals surface area contributed by atoms with Gasteiger partial charge < -0.3 is 15.3 Å². The monoisotopic (exact) mass is 198 g/mol.